The highest BCUT2D eigenvalue weighted by Crippen LogP contribution is 2.31. The van der Waals surface area contributed by atoms with E-state index in [0.29, 0.717) is 34.2 Å². The van der Waals surface area contributed by atoms with Crippen LogP contribution in [0.2, 0.25) is 0 Å². The van der Waals surface area contributed by atoms with Crippen LogP contribution in [0.4, 0.5) is 5.69 Å². The van der Waals surface area contributed by atoms with Crippen molar-refractivity contribution in [1.82, 2.24) is 4.98 Å². The van der Waals surface area contributed by atoms with E-state index >= 15 is 0 Å². The Morgan fingerprint density at radius 2 is 2.15 bits per heavy atom. The Bertz CT molecular complexity index is 717. The monoisotopic (exact) mass is 266 g/mol. The molecule has 0 aliphatic carbocycles. The van der Waals surface area contributed by atoms with Gasteiger partial charge >= 0.3 is 5.97 Å². The molecule has 0 aliphatic rings. The van der Waals surface area contributed by atoms with Gasteiger partial charge in [-0.25, -0.2) is 9.64 Å². The first-order chi connectivity index (χ1) is 9.69. The van der Waals surface area contributed by atoms with Crippen LogP contribution in [0.3, 0.4) is 0 Å². The molecule has 2 rings (SSSR count). The Balaban J connectivity index is 2.61. The lowest BCUT2D eigenvalue weighted by Crippen LogP contribution is -2.01. The Kier molecular flexibility index (Phi) is 3.87. The molecule has 5 heteroatoms. The van der Waals surface area contributed by atoms with Crippen LogP contribution in [-0.4, -0.2) is 24.3 Å². The maximum absolute atomic E-state index is 11.5. The van der Waals surface area contributed by atoms with Crippen LogP contribution >= 0.6 is 0 Å². The van der Waals surface area contributed by atoms with Gasteiger partial charge in [-0.05, 0) is 17.2 Å². The van der Waals surface area contributed by atoms with Gasteiger partial charge in [0.1, 0.15) is 0 Å². The molecule has 0 fully saturated rings. The lowest BCUT2D eigenvalue weighted by atomic mass is 10.0. The summed E-state index contributed by atoms with van der Waals surface area (Å²) in [4.78, 5) is 29.7. The predicted octanol–water partition coefficient (Wildman–Crippen LogP) is 2.90. The zero-order chi connectivity index (χ0) is 14.5. The number of esters is 1. The molecule has 98 valence electrons. The molecule has 0 saturated heterocycles. The minimum atomic E-state index is -0.484. The van der Waals surface area contributed by atoms with E-state index in [1.165, 1.54) is 25.6 Å². The number of methoxy groups -OCH3 is 1. The Morgan fingerprint density at radius 3 is 2.80 bits per heavy atom. The summed E-state index contributed by atoms with van der Waals surface area (Å²) in [6.07, 6.45) is 3.65. The molecular formula is C15H10N2O3. The smallest absolute Gasteiger partial charge is 0.337 e. The number of benzene rings is 1. The van der Waals surface area contributed by atoms with E-state index in [4.69, 9.17) is 6.57 Å². The van der Waals surface area contributed by atoms with Crippen LogP contribution in [0.25, 0.3) is 16.0 Å². The second-order valence-electron chi connectivity index (χ2n) is 3.96. The minimum absolute atomic E-state index is 0.339. The molecule has 0 spiro atoms. The average Bonchev–Trinajstić information content (AvgIpc) is 2.53. The summed E-state index contributed by atoms with van der Waals surface area (Å²) in [6.45, 7) is 7.17. The Labute approximate surface area is 115 Å². The number of nitrogens with zero attached hydrogens (tertiary/aromatic N) is 2. The first kappa shape index (κ1) is 13.4. The van der Waals surface area contributed by atoms with Gasteiger partial charge in [0.25, 0.3) is 0 Å². The Hall–Kier alpha value is -3.00. The lowest BCUT2D eigenvalue weighted by Gasteiger charge is -2.07. The fourth-order valence-corrected chi connectivity index (χ4v) is 1.78. The number of hydrogen-bond acceptors (Lipinski definition) is 4. The van der Waals surface area contributed by atoms with E-state index in [2.05, 4.69) is 14.6 Å². The highest BCUT2D eigenvalue weighted by Gasteiger charge is 2.12. The van der Waals surface area contributed by atoms with E-state index in [0.717, 1.165) is 0 Å². The second kappa shape index (κ2) is 5.76. The van der Waals surface area contributed by atoms with Crippen molar-refractivity contribution < 1.29 is 14.3 Å². The molecule has 0 N–H and O–H groups in total. The fraction of sp³-hybridized carbons (Fsp3) is 0.0667. The summed E-state index contributed by atoms with van der Waals surface area (Å²) >= 11 is 0. The molecular weight excluding hydrogens is 256 g/mol. The van der Waals surface area contributed by atoms with Crippen molar-refractivity contribution in [2.45, 2.75) is 0 Å². The third kappa shape index (κ3) is 2.54. The zero-order valence-electron chi connectivity index (χ0n) is 10.7. The van der Waals surface area contributed by atoms with Gasteiger partial charge in [0, 0.05) is 18.0 Å². The predicted molar refractivity (Wildman–Crippen MR) is 72.7 cm³/mol. The van der Waals surface area contributed by atoms with Crippen molar-refractivity contribution in [3.05, 3.63) is 59.2 Å². The van der Waals surface area contributed by atoms with Crippen LogP contribution in [-0.2, 0) is 4.74 Å². The standard InChI is InChI=1S/C15H10N2O3/c1-16-14-4-3-11(15(19)20-2)6-13(14)12-5-10(9-18)7-17-8-12/h3-9H,2H3. The van der Waals surface area contributed by atoms with Gasteiger partial charge < -0.3 is 4.74 Å². The van der Waals surface area contributed by atoms with Crippen LogP contribution in [0.15, 0.2) is 36.7 Å². The molecule has 0 saturated carbocycles. The van der Waals surface area contributed by atoms with Gasteiger partial charge in [-0.3, -0.25) is 9.78 Å². The van der Waals surface area contributed by atoms with Crippen LogP contribution in [0.5, 0.6) is 0 Å². The number of ether oxygens (including phenoxy) is 1. The van der Waals surface area contributed by atoms with E-state index in [9.17, 15) is 9.59 Å². The molecule has 0 radical (unpaired) electrons. The first-order valence-corrected chi connectivity index (χ1v) is 5.70. The molecule has 0 amide bonds. The maximum atomic E-state index is 11.5. The summed E-state index contributed by atoms with van der Waals surface area (Å²) in [5.41, 5.74) is 2.27. The molecule has 0 aliphatic heterocycles. The molecule has 1 heterocycles. The third-order valence-corrected chi connectivity index (χ3v) is 2.74. The number of aldehydes is 1. The van der Waals surface area contributed by atoms with Gasteiger partial charge in [0.15, 0.2) is 12.0 Å². The first-order valence-electron chi connectivity index (χ1n) is 5.70. The molecule has 1 aromatic carbocycles. The van der Waals surface area contributed by atoms with Crippen molar-refractivity contribution in [2.24, 2.45) is 0 Å². The van der Waals surface area contributed by atoms with Crippen molar-refractivity contribution in [3.63, 3.8) is 0 Å². The molecule has 2 aromatic rings. The third-order valence-electron chi connectivity index (χ3n) is 2.74. The van der Waals surface area contributed by atoms with E-state index in [1.807, 2.05) is 0 Å². The summed E-state index contributed by atoms with van der Waals surface area (Å²) in [6, 6.07) is 6.25. The van der Waals surface area contributed by atoms with Crippen LogP contribution in [0.1, 0.15) is 20.7 Å². The van der Waals surface area contributed by atoms with Crippen molar-refractivity contribution in [2.75, 3.05) is 7.11 Å². The normalized spacial score (nSPS) is 9.60. The SMILES string of the molecule is [C-]#[N+]c1ccc(C(=O)OC)cc1-c1cncc(C=O)c1. The second-order valence-corrected chi connectivity index (χ2v) is 3.96. The molecule has 0 bridgehead atoms. The summed E-state index contributed by atoms with van der Waals surface area (Å²) < 4.78 is 4.66. The molecule has 0 unspecified atom stereocenters. The van der Waals surface area contributed by atoms with Crippen LogP contribution in [0, 0.1) is 6.57 Å². The molecule has 20 heavy (non-hydrogen) atoms. The van der Waals surface area contributed by atoms with Gasteiger partial charge in [-0.2, -0.15) is 0 Å². The van der Waals surface area contributed by atoms with Crippen molar-refractivity contribution in [1.29, 1.82) is 0 Å². The summed E-state index contributed by atoms with van der Waals surface area (Å²) in [7, 11) is 1.29. The van der Waals surface area contributed by atoms with Gasteiger partial charge in [-0.15, -0.1) is 0 Å². The largest absolute Gasteiger partial charge is 0.465 e. The number of hydrogen-bond donors (Lipinski definition) is 0. The fourth-order valence-electron chi connectivity index (χ4n) is 1.78. The number of pyridine rings is 1. The van der Waals surface area contributed by atoms with E-state index < -0.39 is 5.97 Å². The molecule has 1 aromatic heterocycles. The van der Waals surface area contributed by atoms with Gasteiger partial charge in [0.2, 0.25) is 0 Å². The van der Waals surface area contributed by atoms with Crippen molar-refractivity contribution >= 4 is 17.9 Å². The van der Waals surface area contributed by atoms with Gasteiger partial charge in [-0.1, -0.05) is 18.2 Å². The number of carbonyl (C=O) groups excluding carboxylic acids is 2. The maximum Gasteiger partial charge on any atom is 0.337 e. The Morgan fingerprint density at radius 1 is 1.35 bits per heavy atom. The molecule has 5 nitrogen and oxygen atoms in total. The summed E-state index contributed by atoms with van der Waals surface area (Å²) in [5.74, 6) is -0.484. The highest BCUT2D eigenvalue weighted by atomic mass is 16.5. The van der Waals surface area contributed by atoms with E-state index in [-0.39, 0.29) is 0 Å². The summed E-state index contributed by atoms with van der Waals surface area (Å²) in [5, 5.41) is 0. The number of carbonyl (C=O) groups is 2. The number of aromatic nitrogens is 1. The lowest BCUT2D eigenvalue weighted by molar-refractivity contribution is 0.0600. The zero-order valence-corrected chi connectivity index (χ0v) is 10.7. The number of rotatable bonds is 3. The quantitative estimate of drug-likeness (QED) is 0.487. The average molecular weight is 266 g/mol. The topological polar surface area (TPSA) is 60.6 Å². The minimum Gasteiger partial charge on any atom is -0.465 e. The van der Waals surface area contributed by atoms with E-state index in [1.54, 1.807) is 18.2 Å². The van der Waals surface area contributed by atoms with Gasteiger partial charge in [0.05, 0.1) is 19.2 Å². The molecule has 0 atom stereocenters. The highest BCUT2D eigenvalue weighted by molar-refractivity contribution is 5.93. The van der Waals surface area contributed by atoms with Crippen molar-refractivity contribution in [3.8, 4) is 11.1 Å². The van der Waals surface area contributed by atoms with Crippen LogP contribution < -0.4 is 0 Å².